The molecule has 0 aromatic heterocycles. The summed E-state index contributed by atoms with van der Waals surface area (Å²) in [6, 6.07) is -1.79. The fourth-order valence-corrected chi connectivity index (χ4v) is 1.46. The second-order valence-electron chi connectivity index (χ2n) is 3.73. The maximum absolute atomic E-state index is 12.1. The number of amidine groups is 1. The summed E-state index contributed by atoms with van der Waals surface area (Å²) in [6.07, 6.45) is -11.7. The number of hydrogen-bond donors (Lipinski definition) is 5. The third kappa shape index (κ3) is 3.09. The normalized spacial score (nSPS) is 38.8. The predicted octanol–water partition coefficient (Wildman–Crippen LogP) is -2.29. The van der Waals surface area contributed by atoms with Crippen molar-refractivity contribution in [1.29, 1.82) is 0 Å². The first-order valence-corrected chi connectivity index (χ1v) is 4.89. The Labute approximate surface area is 99.3 Å². The van der Waals surface area contributed by atoms with Gasteiger partial charge in [0.1, 0.15) is 24.4 Å². The van der Waals surface area contributed by atoms with Gasteiger partial charge < -0.3 is 30.9 Å². The summed E-state index contributed by atoms with van der Waals surface area (Å²) in [5, 5.41) is 37.0. The molecule has 1 heterocycles. The summed E-state index contributed by atoms with van der Waals surface area (Å²) < 4.78 is 41.0. The summed E-state index contributed by atoms with van der Waals surface area (Å²) in [6.45, 7) is -0.722. The first kappa shape index (κ1) is 15.1. The molecule has 0 aromatic rings. The number of alkyl halides is 3. The van der Waals surface area contributed by atoms with E-state index in [4.69, 9.17) is 5.11 Å². The molecule has 106 valence electrons. The molecule has 6 N–H and O–H groups in total. The highest BCUT2D eigenvalue weighted by molar-refractivity contribution is 5.86. The molecule has 0 aromatic carbocycles. The van der Waals surface area contributed by atoms with Gasteiger partial charge in [-0.25, -0.2) is 0 Å². The minimum Gasteiger partial charge on any atom is -0.394 e. The number of ether oxygens (including phenoxy) is 1. The third-order valence-corrected chi connectivity index (χ3v) is 2.45. The maximum atomic E-state index is 12.1. The quantitative estimate of drug-likeness (QED) is 0.285. The molecule has 1 fully saturated rings. The molecule has 0 radical (unpaired) electrons. The van der Waals surface area contributed by atoms with Crippen LogP contribution >= 0.6 is 0 Å². The number of nitrogens with zero attached hydrogens (tertiary/aromatic N) is 1. The number of aliphatic hydroxyl groups is 4. The van der Waals surface area contributed by atoms with E-state index in [0.717, 1.165) is 0 Å². The monoisotopic (exact) mass is 274 g/mol. The topological polar surface area (TPSA) is 129 Å². The largest absolute Gasteiger partial charge is 0.448 e. The number of aliphatic imine (C=N–C) groups is 1. The molecule has 0 spiro atoms. The molecule has 1 saturated heterocycles. The standard InChI is InChI=1S/C8H13F3N2O5/c9-8(10,11)7(12)13-3-5(16)4(15)2(1-14)18-6(3)17/h2-6,14-17H,1H2,(H2,12,13)/t2?,3-,4?,5?,6+/m0/s1. The van der Waals surface area contributed by atoms with Crippen molar-refractivity contribution in [3.8, 4) is 0 Å². The van der Waals surface area contributed by atoms with Gasteiger partial charge in [0.25, 0.3) is 0 Å². The van der Waals surface area contributed by atoms with Crippen LogP contribution in [0.1, 0.15) is 0 Å². The van der Waals surface area contributed by atoms with Crippen molar-refractivity contribution in [2.24, 2.45) is 10.7 Å². The van der Waals surface area contributed by atoms with Gasteiger partial charge in [0.15, 0.2) is 6.29 Å². The lowest BCUT2D eigenvalue weighted by atomic mass is 9.97. The molecule has 0 saturated carbocycles. The van der Waals surface area contributed by atoms with E-state index in [-0.39, 0.29) is 0 Å². The molecular weight excluding hydrogens is 261 g/mol. The summed E-state index contributed by atoms with van der Waals surface area (Å²) in [5.41, 5.74) is 4.63. The van der Waals surface area contributed by atoms with Gasteiger partial charge in [0.2, 0.25) is 5.84 Å². The van der Waals surface area contributed by atoms with Crippen molar-refractivity contribution < 1.29 is 38.3 Å². The molecule has 7 nitrogen and oxygen atoms in total. The van der Waals surface area contributed by atoms with Crippen LogP contribution in [0.2, 0.25) is 0 Å². The minimum atomic E-state index is -4.92. The Kier molecular flexibility index (Phi) is 4.50. The zero-order chi connectivity index (χ0) is 14.1. The second-order valence-corrected chi connectivity index (χ2v) is 3.73. The van der Waals surface area contributed by atoms with E-state index in [1.165, 1.54) is 0 Å². The highest BCUT2D eigenvalue weighted by Gasteiger charge is 2.45. The van der Waals surface area contributed by atoms with Gasteiger partial charge in [-0.1, -0.05) is 0 Å². The van der Waals surface area contributed by atoms with Gasteiger partial charge in [-0.15, -0.1) is 0 Å². The summed E-state index contributed by atoms with van der Waals surface area (Å²) in [7, 11) is 0. The number of nitrogens with two attached hydrogens (primary N) is 1. The summed E-state index contributed by atoms with van der Waals surface area (Å²) >= 11 is 0. The lowest BCUT2D eigenvalue weighted by molar-refractivity contribution is -0.248. The summed E-state index contributed by atoms with van der Waals surface area (Å²) in [5.74, 6) is -1.76. The van der Waals surface area contributed by atoms with Crippen LogP contribution in [0.15, 0.2) is 4.99 Å². The lowest BCUT2D eigenvalue weighted by Gasteiger charge is -2.38. The molecule has 10 heteroatoms. The van der Waals surface area contributed by atoms with Crippen LogP contribution in [0.3, 0.4) is 0 Å². The maximum Gasteiger partial charge on any atom is 0.448 e. The number of hydrogen-bond acceptors (Lipinski definition) is 6. The second kappa shape index (κ2) is 5.36. The van der Waals surface area contributed by atoms with E-state index in [0.29, 0.717) is 0 Å². The smallest absolute Gasteiger partial charge is 0.394 e. The van der Waals surface area contributed by atoms with E-state index < -0.39 is 49.3 Å². The average molecular weight is 274 g/mol. The average Bonchev–Trinajstić information content (AvgIpc) is 2.27. The Bertz CT molecular complexity index is 324. The SMILES string of the molecule is NC(=N[C@H]1C(O)C(O)C(CO)O[C@H]1O)C(F)(F)F. The van der Waals surface area contributed by atoms with E-state index >= 15 is 0 Å². The highest BCUT2D eigenvalue weighted by atomic mass is 19.4. The zero-order valence-corrected chi connectivity index (χ0v) is 8.95. The molecule has 1 rings (SSSR count). The zero-order valence-electron chi connectivity index (χ0n) is 8.95. The van der Waals surface area contributed by atoms with Crippen LogP contribution in [0, 0.1) is 0 Å². The van der Waals surface area contributed by atoms with Gasteiger partial charge in [-0.05, 0) is 0 Å². The van der Waals surface area contributed by atoms with Gasteiger partial charge in [-0.3, -0.25) is 4.99 Å². The van der Waals surface area contributed by atoms with Crippen LogP contribution in [0.4, 0.5) is 13.2 Å². The van der Waals surface area contributed by atoms with Gasteiger partial charge in [0, 0.05) is 0 Å². The fourth-order valence-electron chi connectivity index (χ4n) is 1.46. The van der Waals surface area contributed by atoms with E-state index in [9.17, 15) is 28.5 Å². The van der Waals surface area contributed by atoms with Crippen LogP contribution in [0.5, 0.6) is 0 Å². The molecule has 0 bridgehead atoms. The Morgan fingerprint density at radius 1 is 1.22 bits per heavy atom. The van der Waals surface area contributed by atoms with Gasteiger partial charge in [0.05, 0.1) is 6.61 Å². The molecule has 1 aliphatic rings. The Hall–Kier alpha value is -0.940. The summed E-state index contributed by atoms with van der Waals surface area (Å²) in [4.78, 5) is 2.89. The molecule has 0 amide bonds. The van der Waals surface area contributed by atoms with Gasteiger partial charge >= 0.3 is 6.18 Å². The fraction of sp³-hybridized carbons (Fsp3) is 0.875. The number of aliphatic hydroxyl groups excluding tert-OH is 4. The predicted molar refractivity (Wildman–Crippen MR) is 51.4 cm³/mol. The van der Waals surface area contributed by atoms with Gasteiger partial charge in [-0.2, -0.15) is 13.2 Å². The molecule has 0 aliphatic carbocycles. The lowest BCUT2D eigenvalue weighted by Crippen LogP contribution is -2.58. The first-order chi connectivity index (χ1) is 8.18. The molecule has 5 atom stereocenters. The Morgan fingerprint density at radius 2 is 1.78 bits per heavy atom. The van der Waals surface area contributed by atoms with E-state index in [2.05, 4.69) is 15.5 Å². The highest BCUT2D eigenvalue weighted by Crippen LogP contribution is 2.24. The van der Waals surface area contributed by atoms with Crippen LogP contribution in [0.25, 0.3) is 0 Å². The van der Waals surface area contributed by atoms with Crippen LogP contribution in [-0.4, -0.2) is 69.7 Å². The van der Waals surface area contributed by atoms with Crippen molar-refractivity contribution in [3.63, 3.8) is 0 Å². The Balaban J connectivity index is 2.90. The number of rotatable bonds is 2. The van der Waals surface area contributed by atoms with Crippen molar-refractivity contribution in [1.82, 2.24) is 0 Å². The van der Waals surface area contributed by atoms with E-state index in [1.807, 2.05) is 0 Å². The van der Waals surface area contributed by atoms with Crippen molar-refractivity contribution >= 4 is 5.84 Å². The third-order valence-electron chi connectivity index (χ3n) is 2.45. The first-order valence-electron chi connectivity index (χ1n) is 4.89. The minimum absolute atomic E-state index is 0.722. The number of halogens is 3. The molecule has 1 aliphatic heterocycles. The molecule has 3 unspecified atom stereocenters. The molecular formula is C8H13F3N2O5. The molecule has 18 heavy (non-hydrogen) atoms. The van der Waals surface area contributed by atoms with Crippen LogP contribution in [-0.2, 0) is 4.74 Å². The van der Waals surface area contributed by atoms with Crippen molar-refractivity contribution in [3.05, 3.63) is 0 Å². The van der Waals surface area contributed by atoms with Crippen molar-refractivity contribution in [2.75, 3.05) is 6.61 Å². The van der Waals surface area contributed by atoms with Crippen LogP contribution < -0.4 is 5.73 Å². The van der Waals surface area contributed by atoms with E-state index in [1.54, 1.807) is 0 Å². The van der Waals surface area contributed by atoms with Crippen molar-refractivity contribution in [2.45, 2.75) is 36.8 Å². The Morgan fingerprint density at radius 3 is 2.22 bits per heavy atom.